The summed E-state index contributed by atoms with van der Waals surface area (Å²) in [7, 11) is 0. The predicted octanol–water partition coefficient (Wildman–Crippen LogP) is 4.94. The summed E-state index contributed by atoms with van der Waals surface area (Å²) >= 11 is 11.9. The lowest BCUT2D eigenvalue weighted by Gasteiger charge is -2.21. The second-order valence-electron chi connectivity index (χ2n) is 4.60. The first-order valence-corrected chi connectivity index (χ1v) is 6.91. The molecule has 0 radical (unpaired) electrons. The zero-order valence-corrected chi connectivity index (χ0v) is 12.6. The maximum atomic E-state index is 13.0. The number of halogens is 5. The van der Waals surface area contributed by atoms with Crippen LogP contribution in [0.5, 0.6) is 5.75 Å². The summed E-state index contributed by atoms with van der Waals surface area (Å²) < 4.78 is 44.4. The Hall–Kier alpha value is -1.33. The van der Waals surface area contributed by atoms with Crippen molar-refractivity contribution in [2.45, 2.75) is 13.5 Å². The molecule has 0 aliphatic heterocycles. The lowest BCUT2D eigenvalue weighted by atomic mass is 9.78. The Morgan fingerprint density at radius 3 is 2.24 bits per heavy atom. The molecule has 0 amide bonds. The minimum Gasteiger partial charge on any atom is -0.492 e. The summed E-state index contributed by atoms with van der Waals surface area (Å²) in [6.45, 7) is -3.68. The molecule has 0 saturated carbocycles. The van der Waals surface area contributed by atoms with Gasteiger partial charge in [-0.1, -0.05) is 52.4 Å². The number of rotatable bonds is 4. The SMILES string of the molecule is Cc1ccc(OCc2c(Cl)cccc2Cl)c([B-](F)(F)F)c1. The fraction of sp³-hybridized carbons (Fsp3) is 0.143. The molecule has 0 atom stereocenters. The van der Waals surface area contributed by atoms with Gasteiger partial charge in [-0.05, 0) is 25.1 Å². The summed E-state index contributed by atoms with van der Waals surface area (Å²) in [5.74, 6) is -0.218. The van der Waals surface area contributed by atoms with Gasteiger partial charge < -0.3 is 17.7 Å². The maximum Gasteiger partial charge on any atom is 0.513 e. The molecule has 0 heterocycles. The molecule has 1 nitrogen and oxygen atoms in total. The smallest absolute Gasteiger partial charge is 0.492 e. The quantitative estimate of drug-likeness (QED) is 0.720. The molecule has 0 fully saturated rings. The van der Waals surface area contributed by atoms with Gasteiger partial charge in [0.25, 0.3) is 0 Å². The third-order valence-corrected chi connectivity index (χ3v) is 3.66. The third-order valence-electron chi connectivity index (χ3n) is 2.95. The second-order valence-corrected chi connectivity index (χ2v) is 5.42. The lowest BCUT2D eigenvalue weighted by molar-refractivity contribution is 0.307. The van der Waals surface area contributed by atoms with Crippen LogP contribution in [0.1, 0.15) is 11.1 Å². The highest BCUT2D eigenvalue weighted by molar-refractivity contribution is 6.74. The topological polar surface area (TPSA) is 9.23 Å². The minimum absolute atomic E-state index is 0.124. The number of aryl methyl sites for hydroxylation is 1. The van der Waals surface area contributed by atoms with Crippen LogP contribution < -0.4 is 10.2 Å². The van der Waals surface area contributed by atoms with Crippen LogP contribution in [0.25, 0.3) is 0 Å². The molecule has 0 saturated heterocycles. The molecule has 112 valence electrons. The van der Waals surface area contributed by atoms with Crippen molar-refractivity contribution in [3.05, 3.63) is 57.6 Å². The van der Waals surface area contributed by atoms with Crippen LogP contribution in [-0.2, 0) is 6.61 Å². The molecule has 7 heteroatoms. The number of ether oxygens (including phenoxy) is 1. The summed E-state index contributed by atoms with van der Waals surface area (Å²) in [6, 6.07) is 8.82. The van der Waals surface area contributed by atoms with E-state index in [1.807, 2.05) is 0 Å². The van der Waals surface area contributed by atoms with Crippen molar-refractivity contribution in [2.75, 3.05) is 0 Å². The van der Waals surface area contributed by atoms with Gasteiger partial charge in [0.1, 0.15) is 6.61 Å². The Labute approximate surface area is 130 Å². The minimum atomic E-state index is -5.15. The van der Waals surface area contributed by atoms with Gasteiger partial charge in [-0.2, -0.15) is 0 Å². The van der Waals surface area contributed by atoms with E-state index in [0.29, 0.717) is 21.2 Å². The number of hydrogen-bond acceptors (Lipinski definition) is 1. The third kappa shape index (κ3) is 3.86. The number of benzene rings is 2. The molecular formula is C14H11BCl2F3O-. The Balaban J connectivity index is 2.29. The molecule has 0 aliphatic carbocycles. The van der Waals surface area contributed by atoms with Crippen molar-refractivity contribution in [1.29, 1.82) is 0 Å². The molecule has 0 aromatic heterocycles. The molecule has 0 N–H and O–H groups in total. The molecule has 0 unspecified atom stereocenters. The Bertz CT molecular complexity index is 639. The van der Waals surface area contributed by atoms with E-state index >= 15 is 0 Å². The van der Waals surface area contributed by atoms with Crippen molar-refractivity contribution in [2.24, 2.45) is 0 Å². The first-order valence-electron chi connectivity index (χ1n) is 6.15. The largest absolute Gasteiger partial charge is 0.513 e. The normalized spacial score (nSPS) is 11.5. The average molecular weight is 334 g/mol. The summed E-state index contributed by atoms with van der Waals surface area (Å²) in [5.41, 5.74) is 0.229. The van der Waals surface area contributed by atoms with E-state index < -0.39 is 12.4 Å². The van der Waals surface area contributed by atoms with Gasteiger partial charge in [0.15, 0.2) is 0 Å². The van der Waals surface area contributed by atoms with E-state index in [0.717, 1.165) is 6.07 Å². The fourth-order valence-electron chi connectivity index (χ4n) is 1.88. The van der Waals surface area contributed by atoms with E-state index in [-0.39, 0.29) is 12.4 Å². The van der Waals surface area contributed by atoms with Crippen molar-refractivity contribution in [3.63, 3.8) is 0 Å². The van der Waals surface area contributed by atoms with Gasteiger partial charge in [-0.3, -0.25) is 0 Å². The second kappa shape index (κ2) is 6.20. The van der Waals surface area contributed by atoms with Gasteiger partial charge in [0.05, 0.1) is 5.75 Å². The summed E-state index contributed by atoms with van der Waals surface area (Å²) in [6.07, 6.45) is 0. The van der Waals surface area contributed by atoms with Crippen molar-refractivity contribution in [3.8, 4) is 5.75 Å². The highest BCUT2D eigenvalue weighted by Crippen LogP contribution is 2.26. The molecule has 0 bridgehead atoms. The van der Waals surface area contributed by atoms with Crippen LogP contribution in [0.3, 0.4) is 0 Å². The van der Waals surface area contributed by atoms with E-state index in [1.165, 1.54) is 6.07 Å². The molecule has 0 spiro atoms. The van der Waals surface area contributed by atoms with Gasteiger partial charge in [0.2, 0.25) is 0 Å². The Kier molecular flexibility index (Phi) is 4.74. The highest BCUT2D eigenvalue weighted by Gasteiger charge is 2.29. The Morgan fingerprint density at radius 2 is 1.67 bits per heavy atom. The molecule has 2 aromatic carbocycles. The first kappa shape index (κ1) is 16.1. The van der Waals surface area contributed by atoms with Crippen LogP contribution >= 0.6 is 23.2 Å². The van der Waals surface area contributed by atoms with Gasteiger partial charge in [0, 0.05) is 15.6 Å². The van der Waals surface area contributed by atoms with Gasteiger partial charge in [-0.15, -0.1) is 0 Å². The lowest BCUT2D eigenvalue weighted by Crippen LogP contribution is -2.35. The first-order chi connectivity index (χ1) is 9.79. The van der Waals surface area contributed by atoms with Crippen LogP contribution in [0, 0.1) is 6.92 Å². The Morgan fingerprint density at radius 1 is 1.05 bits per heavy atom. The van der Waals surface area contributed by atoms with E-state index in [1.54, 1.807) is 31.2 Å². The standard InChI is InChI=1S/C14H11BCl2F3O/c1-9-5-6-14(11(7-9)15(18,19)20)21-8-10-12(16)3-2-4-13(10)17/h2-7H,8H2,1H3/q-1. The molecular weight excluding hydrogens is 323 g/mol. The number of hydrogen-bond donors (Lipinski definition) is 0. The molecule has 0 aliphatic rings. The average Bonchev–Trinajstić information content (AvgIpc) is 2.38. The zero-order chi connectivity index (χ0) is 15.6. The van der Waals surface area contributed by atoms with E-state index in [2.05, 4.69) is 0 Å². The molecule has 2 aromatic rings. The van der Waals surface area contributed by atoms with Crippen molar-refractivity contribution < 1.29 is 17.7 Å². The van der Waals surface area contributed by atoms with Crippen LogP contribution in [0.2, 0.25) is 10.0 Å². The van der Waals surface area contributed by atoms with Crippen LogP contribution in [0.15, 0.2) is 36.4 Å². The molecule has 2 rings (SSSR count). The predicted molar refractivity (Wildman–Crippen MR) is 80.7 cm³/mol. The maximum absolute atomic E-state index is 13.0. The van der Waals surface area contributed by atoms with E-state index in [4.69, 9.17) is 27.9 Å². The van der Waals surface area contributed by atoms with Gasteiger partial charge >= 0.3 is 6.98 Å². The fourth-order valence-corrected chi connectivity index (χ4v) is 2.38. The van der Waals surface area contributed by atoms with Crippen LogP contribution in [-0.4, -0.2) is 6.98 Å². The van der Waals surface area contributed by atoms with E-state index in [9.17, 15) is 12.9 Å². The highest BCUT2D eigenvalue weighted by atomic mass is 35.5. The monoisotopic (exact) mass is 333 g/mol. The summed E-state index contributed by atoms with van der Waals surface area (Å²) in [5, 5.41) is 0.711. The zero-order valence-electron chi connectivity index (χ0n) is 11.0. The van der Waals surface area contributed by atoms with Crippen molar-refractivity contribution in [1.82, 2.24) is 0 Å². The summed E-state index contributed by atoms with van der Waals surface area (Å²) in [4.78, 5) is 0. The van der Waals surface area contributed by atoms with Crippen molar-refractivity contribution >= 4 is 35.6 Å². The van der Waals surface area contributed by atoms with Crippen LogP contribution in [0.4, 0.5) is 12.9 Å². The molecule has 21 heavy (non-hydrogen) atoms. The van der Waals surface area contributed by atoms with Gasteiger partial charge in [-0.25, -0.2) is 0 Å².